The number of halogens is 1. The first kappa shape index (κ1) is 47.3. The SMILES string of the molecule is C[SiH]1CO[Si]2(c3ccccc3)O[Si]3(CCCOC(=O)C(C)(C)Br)O[SiH](c4ccccc4)O[Si]4(c5ccccc5)O[Si](c5ccccc5)(O1)O[Si](c1ccccc1)(O2)O[Si](c1ccccc1)(O3)O4. The first-order valence-corrected chi connectivity index (χ1v) is 37.5. The number of esters is 1. The standard InChI is InChI=1S/C45H49BrO13Si8/c1-45(2,46)44(47)48-35-22-36-62-51-61(38-23-10-4-11-24-38)52-65(41-29-16-7-17-30-41)56-64(40-27-14-6-15-28-40)50-60(3)37-49-63(53-62,39-25-12-5-13-26-39)55-67(57-64,43-33-20-9-21-34-43)59-66(54-62,58-65)42-31-18-8-19-32-42/h4-21,23-34,60-61H,22,35-37H2,1-3H3. The molecule has 6 aromatic rings. The second-order valence-corrected chi connectivity index (χ2v) is 41.4. The molecule has 4 aliphatic rings. The van der Waals surface area contributed by atoms with Crippen LogP contribution in [0.4, 0.5) is 0 Å². The van der Waals surface area contributed by atoms with E-state index in [0.29, 0.717) is 25.9 Å². The molecule has 4 saturated heterocycles. The molecule has 0 radical (unpaired) electrons. The summed E-state index contributed by atoms with van der Waals surface area (Å²) in [7, 11) is -32.9. The summed E-state index contributed by atoms with van der Waals surface area (Å²) in [5.74, 6) is -0.416. The Morgan fingerprint density at radius 1 is 0.522 bits per heavy atom. The van der Waals surface area contributed by atoms with Crippen LogP contribution >= 0.6 is 15.9 Å². The molecule has 0 aromatic heterocycles. The van der Waals surface area contributed by atoms with Gasteiger partial charge in [-0.3, -0.25) is 4.79 Å². The highest BCUT2D eigenvalue weighted by Gasteiger charge is 2.78. The lowest BCUT2D eigenvalue weighted by Gasteiger charge is -2.56. The van der Waals surface area contributed by atoms with Gasteiger partial charge in [0, 0.05) is 32.0 Å². The maximum absolute atomic E-state index is 13.2. The molecule has 0 N–H and O–H groups in total. The first-order valence-electron chi connectivity index (χ1n) is 22.1. The molecule has 6 bridgehead atoms. The Bertz CT molecular complexity index is 2640. The van der Waals surface area contributed by atoms with Crippen LogP contribution in [0.25, 0.3) is 0 Å². The summed E-state index contributed by atoms with van der Waals surface area (Å²) in [4.78, 5) is 13.2. The minimum atomic E-state index is -4.66. The number of benzene rings is 6. The Morgan fingerprint density at radius 2 is 0.896 bits per heavy atom. The van der Waals surface area contributed by atoms with Crippen molar-refractivity contribution >= 4 is 124 Å². The zero-order valence-corrected chi connectivity index (χ0v) is 46.9. The zero-order valence-electron chi connectivity index (χ0n) is 37.0. The van der Waals surface area contributed by atoms with Gasteiger partial charge in [-0.2, -0.15) is 0 Å². The fourth-order valence-corrected chi connectivity index (χ4v) is 49.0. The lowest BCUT2D eigenvalue weighted by molar-refractivity contribution is -0.145. The second kappa shape index (κ2) is 19.1. The zero-order chi connectivity index (χ0) is 46.2. The van der Waals surface area contributed by atoms with Crippen LogP contribution in [0, 0.1) is 0 Å². The fourth-order valence-electron chi connectivity index (χ4n) is 8.23. The van der Waals surface area contributed by atoms with Crippen molar-refractivity contribution in [2.24, 2.45) is 0 Å². The Balaban J connectivity index is 1.32. The minimum absolute atomic E-state index is 0.0287. The van der Waals surface area contributed by atoms with Crippen LogP contribution in [-0.4, -0.2) is 94.3 Å². The topological polar surface area (TPSA) is 128 Å². The van der Waals surface area contributed by atoms with Crippen LogP contribution in [0.1, 0.15) is 20.3 Å². The van der Waals surface area contributed by atoms with Crippen LogP contribution in [0.5, 0.6) is 0 Å². The summed E-state index contributed by atoms with van der Waals surface area (Å²) in [6.07, 6.45) is 0.392. The summed E-state index contributed by atoms with van der Waals surface area (Å²) in [6, 6.07) is 58.1. The normalized spacial score (nSPS) is 31.8. The van der Waals surface area contributed by atoms with Gasteiger partial charge in [0.15, 0.2) is 9.04 Å². The van der Waals surface area contributed by atoms with Crippen LogP contribution in [0.3, 0.4) is 0 Å². The van der Waals surface area contributed by atoms with Crippen molar-refractivity contribution in [3.05, 3.63) is 182 Å². The maximum Gasteiger partial charge on any atom is 0.522 e. The molecule has 13 nitrogen and oxygen atoms in total. The van der Waals surface area contributed by atoms with Crippen molar-refractivity contribution < 1.29 is 55.1 Å². The number of hydrogen-bond donors (Lipinski definition) is 0. The molecule has 8 atom stereocenters. The first-order chi connectivity index (χ1) is 32.4. The lowest BCUT2D eigenvalue weighted by Crippen LogP contribution is -2.88. The Kier molecular flexibility index (Phi) is 13.4. The molecule has 8 unspecified atom stereocenters. The molecule has 0 amide bonds. The van der Waals surface area contributed by atoms with Gasteiger partial charge in [-0.1, -0.05) is 198 Å². The van der Waals surface area contributed by atoms with Gasteiger partial charge in [0.1, 0.15) is 4.32 Å². The summed E-state index contributed by atoms with van der Waals surface area (Å²) in [5, 5.41) is 3.88. The van der Waals surface area contributed by atoms with E-state index >= 15 is 0 Å². The predicted molar refractivity (Wildman–Crippen MR) is 271 cm³/mol. The third kappa shape index (κ3) is 9.48. The van der Waals surface area contributed by atoms with E-state index in [4.69, 9.17) is 50.3 Å². The highest BCUT2D eigenvalue weighted by Crippen LogP contribution is 2.43. The number of carbonyl (C=O) groups is 1. The Hall–Kier alpha value is -3.43. The van der Waals surface area contributed by atoms with Crippen LogP contribution < -0.4 is 31.1 Å². The number of hydrogen-bond acceptors (Lipinski definition) is 13. The van der Waals surface area contributed by atoms with Gasteiger partial charge in [-0.25, -0.2) is 0 Å². The lowest BCUT2D eigenvalue weighted by atomic mass is 10.2. The van der Waals surface area contributed by atoms with E-state index in [9.17, 15) is 4.79 Å². The molecule has 22 heteroatoms. The van der Waals surface area contributed by atoms with E-state index in [1.807, 2.05) is 182 Å². The van der Waals surface area contributed by atoms with Gasteiger partial charge >= 0.3 is 68.1 Å². The molecule has 6 aromatic carbocycles. The number of alkyl halides is 1. The molecule has 0 saturated carbocycles. The molecule has 67 heavy (non-hydrogen) atoms. The van der Waals surface area contributed by atoms with Crippen molar-refractivity contribution in [3.8, 4) is 0 Å². The highest BCUT2D eigenvalue weighted by atomic mass is 79.9. The molecule has 0 spiro atoms. The van der Waals surface area contributed by atoms with Crippen molar-refractivity contribution in [1.29, 1.82) is 0 Å². The molecule has 4 fully saturated rings. The van der Waals surface area contributed by atoms with Gasteiger partial charge in [0.2, 0.25) is 0 Å². The smallest absolute Gasteiger partial charge is 0.465 e. The predicted octanol–water partition coefficient (Wildman–Crippen LogP) is 3.52. The second-order valence-electron chi connectivity index (χ2n) is 16.9. The van der Waals surface area contributed by atoms with Crippen LogP contribution in [0.2, 0.25) is 12.6 Å². The largest absolute Gasteiger partial charge is 0.522 e. The average molecular weight is 1100 g/mol. The third-order valence-corrected chi connectivity index (χ3v) is 43.0. The Morgan fingerprint density at radius 3 is 1.39 bits per heavy atom. The third-order valence-electron chi connectivity index (χ3n) is 11.4. The van der Waals surface area contributed by atoms with Gasteiger partial charge < -0.3 is 50.3 Å². The van der Waals surface area contributed by atoms with E-state index in [1.165, 1.54) is 0 Å². The monoisotopic (exact) mass is 1100 g/mol. The maximum atomic E-state index is 13.2. The average Bonchev–Trinajstić information content (AvgIpc) is 3.40. The van der Waals surface area contributed by atoms with Crippen molar-refractivity contribution in [2.75, 3.05) is 12.8 Å². The molecular weight excluding hydrogens is 1050 g/mol. The van der Waals surface area contributed by atoms with Crippen LogP contribution in [-0.2, 0) is 55.1 Å². The van der Waals surface area contributed by atoms with Crippen molar-refractivity contribution in [1.82, 2.24) is 0 Å². The summed E-state index contributed by atoms with van der Waals surface area (Å²) in [5.41, 5.74) is 0. The molecule has 4 aliphatic heterocycles. The quantitative estimate of drug-likeness (QED) is 0.0815. The van der Waals surface area contributed by atoms with Gasteiger partial charge in [0.25, 0.3) is 0 Å². The van der Waals surface area contributed by atoms with E-state index in [1.54, 1.807) is 13.8 Å². The van der Waals surface area contributed by atoms with Gasteiger partial charge in [-0.15, -0.1) is 0 Å². The summed E-state index contributed by atoms with van der Waals surface area (Å²) in [6.45, 7) is 5.57. The number of rotatable bonds is 11. The number of carbonyl (C=O) groups excluding carboxylic acids is 1. The van der Waals surface area contributed by atoms with Gasteiger partial charge in [0.05, 0.1) is 12.8 Å². The molecular formula is C45H49BrO13Si8. The Labute approximate surface area is 408 Å². The molecule has 10 rings (SSSR count). The highest BCUT2D eigenvalue weighted by molar-refractivity contribution is 9.10. The molecule has 4 heterocycles. The van der Waals surface area contributed by atoms with E-state index in [-0.39, 0.29) is 25.3 Å². The molecule has 346 valence electrons. The van der Waals surface area contributed by atoms with Crippen LogP contribution in [0.15, 0.2) is 182 Å². The van der Waals surface area contributed by atoms with Gasteiger partial charge in [-0.05, 0) is 32.0 Å². The van der Waals surface area contributed by atoms with E-state index in [0.717, 1.165) is 5.19 Å². The number of ether oxygens (including phenoxy) is 1. The minimum Gasteiger partial charge on any atom is -0.465 e. The molecule has 0 aliphatic carbocycles. The van der Waals surface area contributed by atoms with Crippen molar-refractivity contribution in [3.63, 3.8) is 0 Å². The van der Waals surface area contributed by atoms with E-state index < -0.39 is 81.4 Å². The summed E-state index contributed by atoms with van der Waals surface area (Å²) < 4.78 is 91.1. The van der Waals surface area contributed by atoms with E-state index in [2.05, 4.69) is 22.5 Å². The summed E-state index contributed by atoms with van der Waals surface area (Å²) >= 11 is 3.46. The fraction of sp³-hybridized carbons (Fsp3) is 0.178. The number of fused-ring (bicyclic) bond motifs is 4. The van der Waals surface area contributed by atoms with Crippen molar-refractivity contribution in [2.45, 2.75) is 37.2 Å².